The summed E-state index contributed by atoms with van der Waals surface area (Å²) in [6.45, 7) is 8.33. The topological polar surface area (TPSA) is 67.2 Å². The Labute approximate surface area is 166 Å². The molecule has 150 valence electrons. The third kappa shape index (κ3) is 4.26. The highest BCUT2D eigenvalue weighted by atomic mass is 16.2. The number of nitrogens with zero attached hydrogens (tertiary/aromatic N) is 3. The molecule has 0 saturated heterocycles. The van der Waals surface area contributed by atoms with E-state index in [4.69, 9.17) is 5.10 Å². The van der Waals surface area contributed by atoms with E-state index in [-0.39, 0.29) is 29.7 Å². The number of amides is 2. The Balaban J connectivity index is 1.82. The van der Waals surface area contributed by atoms with Crippen LogP contribution in [-0.4, -0.2) is 40.1 Å². The predicted octanol–water partition coefficient (Wildman–Crippen LogP) is 3.68. The van der Waals surface area contributed by atoms with E-state index in [1.54, 1.807) is 11.7 Å². The largest absolute Gasteiger partial charge is 0.336 e. The molecule has 1 aromatic carbocycles. The number of para-hydroxylation sites is 1. The number of anilines is 1. The first-order valence-corrected chi connectivity index (χ1v) is 9.88. The lowest BCUT2D eigenvalue weighted by molar-refractivity contribution is -0.139. The third-order valence-electron chi connectivity index (χ3n) is 5.30. The molecule has 1 aliphatic rings. The maximum absolute atomic E-state index is 12.6. The minimum Gasteiger partial charge on any atom is -0.336 e. The zero-order valence-electron chi connectivity index (χ0n) is 17.5. The van der Waals surface area contributed by atoms with Crippen molar-refractivity contribution < 1.29 is 9.59 Å². The zero-order valence-corrected chi connectivity index (χ0v) is 17.5. The maximum Gasteiger partial charge on any atom is 0.245 e. The lowest BCUT2D eigenvalue weighted by atomic mass is 9.84. The molecule has 0 radical (unpaired) electrons. The lowest BCUT2D eigenvalue weighted by Gasteiger charge is -2.28. The molecule has 1 fully saturated rings. The molecule has 1 N–H and O–H groups in total. The van der Waals surface area contributed by atoms with Gasteiger partial charge in [-0.2, -0.15) is 5.10 Å². The van der Waals surface area contributed by atoms with Gasteiger partial charge in [0.25, 0.3) is 0 Å². The summed E-state index contributed by atoms with van der Waals surface area (Å²) in [7, 11) is 1.69. The molecule has 2 aromatic rings. The van der Waals surface area contributed by atoms with Gasteiger partial charge in [0.1, 0.15) is 5.82 Å². The summed E-state index contributed by atoms with van der Waals surface area (Å²) in [5.74, 6) is 0.547. The normalized spacial score (nSPS) is 14.5. The molecule has 1 heterocycles. The Morgan fingerprint density at radius 2 is 1.93 bits per heavy atom. The molecule has 1 aliphatic carbocycles. The fourth-order valence-corrected chi connectivity index (χ4v) is 3.26. The summed E-state index contributed by atoms with van der Waals surface area (Å²) in [5, 5.41) is 7.71. The first-order chi connectivity index (χ1) is 13.2. The first-order valence-electron chi connectivity index (χ1n) is 9.88. The second kappa shape index (κ2) is 7.78. The van der Waals surface area contributed by atoms with Crippen LogP contribution in [0, 0.1) is 12.8 Å². The number of benzene rings is 1. The van der Waals surface area contributed by atoms with Crippen LogP contribution in [0.2, 0.25) is 0 Å². The van der Waals surface area contributed by atoms with E-state index < -0.39 is 0 Å². The van der Waals surface area contributed by atoms with Gasteiger partial charge in [-0.3, -0.25) is 9.59 Å². The summed E-state index contributed by atoms with van der Waals surface area (Å²) in [6.07, 6.45) is 2.96. The van der Waals surface area contributed by atoms with Crippen molar-refractivity contribution >= 4 is 17.6 Å². The molecule has 2 amide bonds. The van der Waals surface area contributed by atoms with E-state index in [1.807, 2.05) is 37.3 Å². The van der Waals surface area contributed by atoms with Crippen molar-refractivity contribution in [2.24, 2.45) is 5.92 Å². The van der Waals surface area contributed by atoms with Crippen molar-refractivity contribution in [3.8, 4) is 5.69 Å². The van der Waals surface area contributed by atoms with Gasteiger partial charge in [0.15, 0.2) is 0 Å². The number of nitrogens with one attached hydrogen (secondary N) is 1. The van der Waals surface area contributed by atoms with Gasteiger partial charge in [-0.05, 0) is 31.4 Å². The number of carbonyl (C=O) groups excluding carboxylic acids is 2. The number of aryl methyl sites for hydroxylation is 1. The van der Waals surface area contributed by atoms with Crippen LogP contribution < -0.4 is 5.32 Å². The molecule has 28 heavy (non-hydrogen) atoms. The number of hydrogen-bond donors (Lipinski definition) is 1. The van der Waals surface area contributed by atoms with E-state index in [9.17, 15) is 9.59 Å². The van der Waals surface area contributed by atoms with E-state index in [1.165, 1.54) is 4.90 Å². The molecule has 1 saturated carbocycles. The molecule has 3 rings (SSSR count). The summed E-state index contributed by atoms with van der Waals surface area (Å²) >= 11 is 0. The Morgan fingerprint density at radius 3 is 2.50 bits per heavy atom. The predicted molar refractivity (Wildman–Crippen MR) is 111 cm³/mol. The van der Waals surface area contributed by atoms with Crippen LogP contribution in [0.25, 0.3) is 5.69 Å². The molecule has 6 heteroatoms. The van der Waals surface area contributed by atoms with Crippen LogP contribution in [0.1, 0.15) is 51.3 Å². The first kappa shape index (κ1) is 20.1. The standard InChI is InChI=1S/C22H30N4O2/c1-15-9-6-7-12-17(15)26-19(13-18(24-26)22(2,3)4)23-20(27)14-25(5)21(28)16-10-8-11-16/h6-7,9,12-13,16H,8,10-11,14H2,1-5H3,(H,23,27). The average Bonchev–Trinajstić information content (AvgIpc) is 2.97. The zero-order chi connectivity index (χ0) is 20.5. The van der Waals surface area contributed by atoms with Crippen molar-refractivity contribution in [1.29, 1.82) is 0 Å². The van der Waals surface area contributed by atoms with E-state index in [0.29, 0.717) is 5.82 Å². The summed E-state index contributed by atoms with van der Waals surface area (Å²) < 4.78 is 1.78. The number of likely N-dealkylation sites (N-methyl/N-ethyl adjacent to an activating group) is 1. The second-order valence-electron chi connectivity index (χ2n) is 8.73. The SMILES string of the molecule is Cc1ccccc1-n1nc(C(C)(C)C)cc1NC(=O)CN(C)C(=O)C1CCC1. The van der Waals surface area contributed by atoms with Gasteiger partial charge < -0.3 is 10.2 Å². The molecular formula is C22H30N4O2. The van der Waals surface area contributed by atoms with Crippen molar-refractivity contribution in [1.82, 2.24) is 14.7 Å². The highest BCUT2D eigenvalue weighted by molar-refractivity contribution is 5.94. The lowest BCUT2D eigenvalue weighted by Crippen LogP contribution is -2.40. The van der Waals surface area contributed by atoms with Crippen LogP contribution in [0.5, 0.6) is 0 Å². The van der Waals surface area contributed by atoms with Gasteiger partial charge in [0, 0.05) is 24.4 Å². The van der Waals surface area contributed by atoms with Crippen molar-refractivity contribution in [3.63, 3.8) is 0 Å². The Bertz CT molecular complexity index is 875. The van der Waals surface area contributed by atoms with E-state index >= 15 is 0 Å². The number of carbonyl (C=O) groups is 2. The number of aromatic nitrogens is 2. The quantitative estimate of drug-likeness (QED) is 0.858. The smallest absolute Gasteiger partial charge is 0.245 e. The number of rotatable bonds is 5. The molecular weight excluding hydrogens is 352 g/mol. The minimum atomic E-state index is -0.217. The van der Waals surface area contributed by atoms with Gasteiger partial charge in [-0.1, -0.05) is 45.4 Å². The van der Waals surface area contributed by atoms with Gasteiger partial charge in [-0.25, -0.2) is 4.68 Å². The molecule has 6 nitrogen and oxygen atoms in total. The maximum atomic E-state index is 12.6. The molecule has 0 bridgehead atoms. The van der Waals surface area contributed by atoms with Crippen molar-refractivity contribution in [3.05, 3.63) is 41.6 Å². The Hall–Kier alpha value is -2.63. The Morgan fingerprint density at radius 1 is 1.25 bits per heavy atom. The molecule has 0 atom stereocenters. The molecule has 0 unspecified atom stereocenters. The minimum absolute atomic E-state index is 0.0408. The van der Waals surface area contributed by atoms with Crippen LogP contribution in [-0.2, 0) is 15.0 Å². The number of hydrogen-bond acceptors (Lipinski definition) is 3. The molecule has 0 spiro atoms. The van der Waals surface area contributed by atoms with Crippen LogP contribution >= 0.6 is 0 Å². The summed E-state index contributed by atoms with van der Waals surface area (Å²) in [4.78, 5) is 26.5. The van der Waals surface area contributed by atoms with Crippen LogP contribution in [0.4, 0.5) is 5.82 Å². The average molecular weight is 383 g/mol. The highest BCUT2D eigenvalue weighted by Gasteiger charge is 2.29. The third-order valence-corrected chi connectivity index (χ3v) is 5.30. The van der Waals surface area contributed by atoms with E-state index in [0.717, 1.165) is 36.2 Å². The van der Waals surface area contributed by atoms with Gasteiger partial charge in [0.05, 0.1) is 17.9 Å². The molecule has 1 aromatic heterocycles. The summed E-state index contributed by atoms with van der Waals surface area (Å²) in [6, 6.07) is 9.85. The fraction of sp³-hybridized carbons (Fsp3) is 0.500. The second-order valence-corrected chi connectivity index (χ2v) is 8.73. The monoisotopic (exact) mass is 382 g/mol. The van der Waals surface area contributed by atoms with E-state index in [2.05, 4.69) is 26.1 Å². The van der Waals surface area contributed by atoms with Gasteiger partial charge in [-0.15, -0.1) is 0 Å². The van der Waals surface area contributed by atoms with Crippen LogP contribution in [0.15, 0.2) is 30.3 Å². The van der Waals surface area contributed by atoms with Crippen molar-refractivity contribution in [2.75, 3.05) is 18.9 Å². The van der Waals surface area contributed by atoms with Gasteiger partial charge in [0.2, 0.25) is 11.8 Å². The molecule has 0 aliphatic heterocycles. The van der Waals surface area contributed by atoms with Gasteiger partial charge >= 0.3 is 0 Å². The fourth-order valence-electron chi connectivity index (χ4n) is 3.26. The summed E-state index contributed by atoms with van der Waals surface area (Å²) in [5.41, 5.74) is 2.74. The van der Waals surface area contributed by atoms with Crippen molar-refractivity contribution in [2.45, 2.75) is 52.4 Å². The highest BCUT2D eigenvalue weighted by Crippen LogP contribution is 2.29. The Kier molecular flexibility index (Phi) is 5.59. The van der Waals surface area contributed by atoms with Crippen LogP contribution in [0.3, 0.4) is 0 Å².